The van der Waals surface area contributed by atoms with Crippen molar-refractivity contribution in [3.63, 3.8) is 0 Å². The highest BCUT2D eigenvalue weighted by Crippen LogP contribution is 2.23. The smallest absolute Gasteiger partial charge is 0.204 e. The molecule has 2 aromatic carbocycles. The first-order valence-corrected chi connectivity index (χ1v) is 8.14. The maximum atomic E-state index is 2.18. The molecule has 0 saturated heterocycles. The molecule has 0 spiro atoms. The van der Waals surface area contributed by atoms with Crippen LogP contribution >= 0.6 is 0 Å². The summed E-state index contributed by atoms with van der Waals surface area (Å²) in [6.07, 6.45) is 6.34. The van der Waals surface area contributed by atoms with Crippen molar-refractivity contribution >= 4 is 17.8 Å². The highest BCUT2D eigenvalue weighted by molar-refractivity contribution is 5.71. The highest BCUT2D eigenvalue weighted by atomic mass is 15.1. The van der Waals surface area contributed by atoms with E-state index in [-0.39, 0.29) is 0 Å². The molecular formula is C22H23N2+. The van der Waals surface area contributed by atoms with Crippen LogP contribution in [0.1, 0.15) is 11.3 Å². The molecule has 120 valence electrons. The van der Waals surface area contributed by atoms with Gasteiger partial charge >= 0.3 is 0 Å². The van der Waals surface area contributed by atoms with Crippen molar-refractivity contribution < 1.29 is 4.57 Å². The van der Waals surface area contributed by atoms with Gasteiger partial charge in [0.2, 0.25) is 5.69 Å². The molecule has 0 aliphatic heterocycles. The fraction of sp³-hybridized carbons (Fsp3) is 0.136. The lowest BCUT2D eigenvalue weighted by Crippen LogP contribution is -2.30. The van der Waals surface area contributed by atoms with Crippen LogP contribution < -0.4 is 9.47 Å². The molecule has 0 aliphatic rings. The Morgan fingerprint density at radius 3 is 1.96 bits per heavy atom. The summed E-state index contributed by atoms with van der Waals surface area (Å²) in [5, 5.41) is 0. The lowest BCUT2D eigenvalue weighted by Gasteiger charge is -2.12. The van der Waals surface area contributed by atoms with E-state index in [4.69, 9.17) is 0 Å². The van der Waals surface area contributed by atoms with E-state index < -0.39 is 0 Å². The van der Waals surface area contributed by atoms with Gasteiger partial charge < -0.3 is 4.90 Å². The molecule has 24 heavy (non-hydrogen) atoms. The summed E-state index contributed by atoms with van der Waals surface area (Å²) in [7, 11) is 6.17. The van der Waals surface area contributed by atoms with E-state index >= 15 is 0 Å². The van der Waals surface area contributed by atoms with Crippen LogP contribution in [0.5, 0.6) is 0 Å². The third kappa shape index (κ3) is 3.72. The van der Waals surface area contributed by atoms with E-state index in [1.54, 1.807) is 0 Å². The zero-order valence-electron chi connectivity index (χ0n) is 14.5. The molecule has 0 radical (unpaired) electrons. The Bertz CT molecular complexity index is 829. The first-order chi connectivity index (χ1) is 11.6. The fourth-order valence-corrected chi connectivity index (χ4v) is 2.63. The summed E-state index contributed by atoms with van der Waals surface area (Å²) < 4.78 is 2.11. The van der Waals surface area contributed by atoms with Crippen molar-refractivity contribution in [2.24, 2.45) is 7.05 Å². The first kappa shape index (κ1) is 16.0. The SMILES string of the molecule is CN(C)c1ccc(-c2ccc(/C=C/c3cccc[n+]3C)cc2)cc1. The Morgan fingerprint density at radius 1 is 0.750 bits per heavy atom. The van der Waals surface area contributed by atoms with Gasteiger partial charge in [-0.2, -0.15) is 0 Å². The van der Waals surface area contributed by atoms with E-state index in [2.05, 4.69) is 110 Å². The second kappa shape index (κ2) is 7.14. The van der Waals surface area contributed by atoms with Gasteiger partial charge in [-0.15, -0.1) is 0 Å². The number of aryl methyl sites for hydroxylation is 1. The van der Waals surface area contributed by atoms with Crippen molar-refractivity contribution in [3.8, 4) is 11.1 Å². The summed E-state index contributed by atoms with van der Waals surface area (Å²) in [5.41, 5.74) is 6.08. The Kier molecular flexibility index (Phi) is 4.76. The molecule has 3 rings (SSSR count). The molecule has 3 aromatic rings. The normalized spacial score (nSPS) is 11.0. The minimum Gasteiger partial charge on any atom is -0.378 e. The maximum absolute atomic E-state index is 2.18. The molecular weight excluding hydrogens is 292 g/mol. The van der Waals surface area contributed by atoms with Crippen LogP contribution in [0.15, 0.2) is 72.9 Å². The molecule has 1 heterocycles. The number of pyridine rings is 1. The number of rotatable bonds is 4. The van der Waals surface area contributed by atoms with E-state index in [9.17, 15) is 0 Å². The van der Waals surface area contributed by atoms with Gasteiger partial charge in [-0.05, 0) is 41.0 Å². The molecule has 0 bridgehead atoms. The number of aromatic nitrogens is 1. The molecule has 1 aromatic heterocycles. The second-order valence-electron chi connectivity index (χ2n) is 6.13. The zero-order valence-corrected chi connectivity index (χ0v) is 14.5. The lowest BCUT2D eigenvalue weighted by molar-refractivity contribution is -0.673. The van der Waals surface area contributed by atoms with Crippen LogP contribution in [0.2, 0.25) is 0 Å². The quantitative estimate of drug-likeness (QED) is 0.647. The largest absolute Gasteiger partial charge is 0.378 e. The van der Waals surface area contributed by atoms with Gasteiger partial charge in [0.1, 0.15) is 7.05 Å². The molecule has 2 heteroatoms. The maximum Gasteiger partial charge on any atom is 0.204 e. The molecule has 0 amide bonds. The first-order valence-electron chi connectivity index (χ1n) is 8.14. The van der Waals surface area contributed by atoms with Crippen LogP contribution in [0, 0.1) is 0 Å². The summed E-state index contributed by atoms with van der Waals surface area (Å²) in [6, 6.07) is 23.5. The number of nitrogens with zero attached hydrogens (tertiary/aromatic N) is 2. The zero-order chi connectivity index (χ0) is 16.9. The van der Waals surface area contributed by atoms with E-state index in [1.807, 2.05) is 6.07 Å². The third-order valence-electron chi connectivity index (χ3n) is 4.17. The molecule has 0 N–H and O–H groups in total. The van der Waals surface area contributed by atoms with Gasteiger partial charge in [-0.3, -0.25) is 0 Å². The number of hydrogen-bond acceptors (Lipinski definition) is 1. The Hall–Kier alpha value is -2.87. The average Bonchev–Trinajstić information content (AvgIpc) is 2.62. The second-order valence-corrected chi connectivity index (χ2v) is 6.13. The van der Waals surface area contributed by atoms with Crippen LogP contribution in [-0.2, 0) is 7.05 Å². The molecule has 0 fully saturated rings. The summed E-state index contributed by atoms with van der Waals surface area (Å²) >= 11 is 0. The Morgan fingerprint density at radius 2 is 1.38 bits per heavy atom. The van der Waals surface area contributed by atoms with Crippen molar-refractivity contribution in [3.05, 3.63) is 84.2 Å². The lowest BCUT2D eigenvalue weighted by atomic mass is 10.0. The molecule has 0 atom stereocenters. The summed E-state index contributed by atoms with van der Waals surface area (Å²) in [4.78, 5) is 2.11. The van der Waals surface area contributed by atoms with Crippen molar-refractivity contribution in [1.29, 1.82) is 0 Å². The third-order valence-corrected chi connectivity index (χ3v) is 4.17. The molecule has 0 aliphatic carbocycles. The monoisotopic (exact) mass is 315 g/mol. The van der Waals surface area contributed by atoms with Gasteiger partial charge in [0.15, 0.2) is 6.20 Å². The van der Waals surface area contributed by atoms with Gasteiger partial charge in [0.05, 0.1) is 0 Å². The van der Waals surface area contributed by atoms with Crippen LogP contribution in [-0.4, -0.2) is 14.1 Å². The van der Waals surface area contributed by atoms with E-state index in [0.717, 1.165) is 0 Å². The molecule has 0 unspecified atom stereocenters. The highest BCUT2D eigenvalue weighted by Gasteiger charge is 2.01. The summed E-state index contributed by atoms with van der Waals surface area (Å²) in [5.74, 6) is 0. The van der Waals surface area contributed by atoms with Gasteiger partial charge in [0, 0.05) is 38.0 Å². The molecule has 0 saturated carbocycles. The van der Waals surface area contributed by atoms with Crippen molar-refractivity contribution in [1.82, 2.24) is 0 Å². The number of anilines is 1. The van der Waals surface area contributed by atoms with Gasteiger partial charge in [0.25, 0.3) is 0 Å². The predicted molar refractivity (Wildman–Crippen MR) is 103 cm³/mol. The standard InChI is InChI=1S/C22H23N2/c1-23(2)21-15-12-20(13-16-21)19-10-7-18(8-11-19)9-14-22-6-4-5-17-24(22)3/h4-17H,1-3H3/q+1. The number of hydrogen-bond donors (Lipinski definition) is 0. The Balaban J connectivity index is 1.77. The van der Waals surface area contributed by atoms with Crippen LogP contribution in [0.25, 0.3) is 23.3 Å². The predicted octanol–water partition coefficient (Wildman–Crippen LogP) is 4.41. The Labute approximate surface area is 144 Å². The van der Waals surface area contributed by atoms with Crippen molar-refractivity contribution in [2.75, 3.05) is 19.0 Å². The average molecular weight is 315 g/mol. The fourth-order valence-electron chi connectivity index (χ4n) is 2.63. The number of benzene rings is 2. The minimum absolute atomic E-state index is 1.18. The topological polar surface area (TPSA) is 7.12 Å². The van der Waals surface area contributed by atoms with E-state index in [0.29, 0.717) is 0 Å². The van der Waals surface area contributed by atoms with Crippen molar-refractivity contribution in [2.45, 2.75) is 0 Å². The van der Waals surface area contributed by atoms with E-state index in [1.165, 1.54) is 28.1 Å². The molecule has 2 nitrogen and oxygen atoms in total. The van der Waals surface area contributed by atoms with Crippen LogP contribution in [0.3, 0.4) is 0 Å². The summed E-state index contributed by atoms with van der Waals surface area (Å²) in [6.45, 7) is 0. The minimum atomic E-state index is 1.18. The van der Waals surface area contributed by atoms with Gasteiger partial charge in [-0.1, -0.05) is 36.4 Å². The van der Waals surface area contributed by atoms with Gasteiger partial charge in [-0.25, -0.2) is 4.57 Å². The van der Waals surface area contributed by atoms with Crippen LogP contribution in [0.4, 0.5) is 5.69 Å².